The van der Waals surface area contributed by atoms with Gasteiger partial charge in [-0.1, -0.05) is 0 Å². The molecule has 5 nitrogen and oxygen atoms in total. The number of hydrogen-bond acceptors (Lipinski definition) is 4. The molecule has 0 atom stereocenters. The van der Waals surface area contributed by atoms with Crippen molar-refractivity contribution in [1.29, 1.82) is 0 Å². The lowest BCUT2D eigenvalue weighted by Crippen LogP contribution is -2.48. The molecule has 112 valence electrons. The molecule has 0 aliphatic carbocycles. The minimum Gasteiger partial charge on any atom is -0.493 e. The second kappa shape index (κ2) is 6.95. The predicted molar refractivity (Wildman–Crippen MR) is 82.5 cm³/mol. The van der Waals surface area contributed by atoms with Gasteiger partial charge in [0.1, 0.15) is 0 Å². The molecule has 0 radical (unpaired) electrons. The van der Waals surface area contributed by atoms with Crippen LogP contribution in [-0.2, 0) is 0 Å². The third-order valence-electron chi connectivity index (χ3n) is 2.74. The topological polar surface area (TPSA) is 73.6 Å². The summed E-state index contributed by atoms with van der Waals surface area (Å²) in [6.45, 7) is 6.49. The number of amides is 1. The number of benzene rings is 1. The van der Waals surface area contributed by atoms with Crippen molar-refractivity contribution in [2.75, 3.05) is 20.3 Å². The van der Waals surface area contributed by atoms with Crippen LogP contribution in [0.5, 0.6) is 11.5 Å². The Morgan fingerprint density at radius 1 is 1.45 bits per heavy atom. The molecule has 1 aromatic carbocycles. The number of halogens is 1. The van der Waals surface area contributed by atoms with Gasteiger partial charge in [0.2, 0.25) is 0 Å². The fourth-order valence-corrected chi connectivity index (χ4v) is 2.12. The number of nitrogens with two attached hydrogens (primary N) is 1. The molecule has 0 aromatic heterocycles. The molecule has 3 N–H and O–H groups in total. The molecule has 0 fully saturated rings. The van der Waals surface area contributed by atoms with E-state index in [0.717, 1.165) is 0 Å². The van der Waals surface area contributed by atoms with E-state index in [1.54, 1.807) is 12.1 Å². The number of hydrogen-bond donors (Lipinski definition) is 2. The summed E-state index contributed by atoms with van der Waals surface area (Å²) in [5.41, 5.74) is 5.64. The lowest BCUT2D eigenvalue weighted by Gasteiger charge is -2.24. The molecule has 0 spiro atoms. The summed E-state index contributed by atoms with van der Waals surface area (Å²) < 4.78 is 11.4. The Kier molecular flexibility index (Phi) is 5.83. The van der Waals surface area contributed by atoms with E-state index in [1.807, 2.05) is 20.8 Å². The summed E-state index contributed by atoms with van der Waals surface area (Å²) in [6, 6.07) is 3.35. The molecule has 0 heterocycles. The molecule has 6 heteroatoms. The highest BCUT2D eigenvalue weighted by Gasteiger charge is 2.21. The van der Waals surface area contributed by atoms with Gasteiger partial charge in [0.25, 0.3) is 5.91 Å². The van der Waals surface area contributed by atoms with Crippen molar-refractivity contribution in [2.45, 2.75) is 26.3 Å². The molecule has 20 heavy (non-hydrogen) atoms. The minimum absolute atomic E-state index is 0.206. The zero-order chi connectivity index (χ0) is 15.3. The molecule has 1 amide bonds. The largest absolute Gasteiger partial charge is 0.493 e. The van der Waals surface area contributed by atoms with Gasteiger partial charge in [-0.05, 0) is 48.8 Å². The lowest BCUT2D eigenvalue weighted by molar-refractivity contribution is 0.0915. The smallest absolute Gasteiger partial charge is 0.251 e. The molecule has 1 rings (SSSR count). The van der Waals surface area contributed by atoms with Gasteiger partial charge in [-0.25, -0.2) is 0 Å². The highest BCUT2D eigenvalue weighted by atomic mass is 79.9. The van der Waals surface area contributed by atoms with Gasteiger partial charge in [-0.3, -0.25) is 4.79 Å². The van der Waals surface area contributed by atoms with Crippen molar-refractivity contribution in [2.24, 2.45) is 5.73 Å². The zero-order valence-corrected chi connectivity index (χ0v) is 13.8. The van der Waals surface area contributed by atoms with E-state index in [-0.39, 0.29) is 5.91 Å². The van der Waals surface area contributed by atoms with Crippen LogP contribution in [0.15, 0.2) is 16.6 Å². The number of methoxy groups -OCH3 is 1. The molecular formula is C14H21BrN2O3. The highest BCUT2D eigenvalue weighted by molar-refractivity contribution is 9.10. The van der Waals surface area contributed by atoms with Crippen molar-refractivity contribution in [3.05, 3.63) is 22.2 Å². The van der Waals surface area contributed by atoms with Gasteiger partial charge in [-0.15, -0.1) is 0 Å². The van der Waals surface area contributed by atoms with Crippen LogP contribution in [0, 0.1) is 0 Å². The average molecular weight is 345 g/mol. The molecule has 0 saturated carbocycles. The predicted octanol–water partition coefficient (Wildman–Crippen LogP) is 2.32. The van der Waals surface area contributed by atoms with Crippen LogP contribution in [-0.4, -0.2) is 31.7 Å². The van der Waals surface area contributed by atoms with Crippen LogP contribution < -0.4 is 20.5 Å². The minimum atomic E-state index is -0.463. The van der Waals surface area contributed by atoms with Crippen molar-refractivity contribution in [1.82, 2.24) is 5.32 Å². The third kappa shape index (κ3) is 4.11. The number of carbonyl (C=O) groups is 1. The van der Waals surface area contributed by atoms with E-state index in [1.165, 1.54) is 7.11 Å². The van der Waals surface area contributed by atoms with Gasteiger partial charge in [0, 0.05) is 17.6 Å². The van der Waals surface area contributed by atoms with Crippen LogP contribution in [0.2, 0.25) is 0 Å². The first-order valence-corrected chi connectivity index (χ1v) is 7.16. The monoisotopic (exact) mass is 344 g/mol. The van der Waals surface area contributed by atoms with Crippen LogP contribution in [0.25, 0.3) is 0 Å². The molecule has 0 unspecified atom stereocenters. The van der Waals surface area contributed by atoms with Gasteiger partial charge >= 0.3 is 0 Å². The van der Waals surface area contributed by atoms with Crippen molar-refractivity contribution >= 4 is 21.8 Å². The summed E-state index contributed by atoms with van der Waals surface area (Å²) in [5.74, 6) is 0.893. The molecule has 0 bridgehead atoms. The standard InChI is InChI=1S/C14H21BrN2O3/c1-5-20-12-10(15)6-9(7-11(12)19-4)13(18)17-14(2,3)8-16/h6-7H,5,8,16H2,1-4H3,(H,17,18). The fraction of sp³-hybridized carbons (Fsp3) is 0.500. The first kappa shape index (κ1) is 16.8. The Bertz CT molecular complexity index is 490. The highest BCUT2D eigenvalue weighted by Crippen LogP contribution is 2.36. The Morgan fingerprint density at radius 3 is 2.60 bits per heavy atom. The first-order valence-electron chi connectivity index (χ1n) is 6.37. The third-order valence-corrected chi connectivity index (χ3v) is 3.33. The number of nitrogens with one attached hydrogen (secondary N) is 1. The van der Waals surface area contributed by atoms with E-state index in [2.05, 4.69) is 21.2 Å². The van der Waals surface area contributed by atoms with E-state index in [9.17, 15) is 4.79 Å². The van der Waals surface area contributed by atoms with Crippen LogP contribution in [0.3, 0.4) is 0 Å². The molecule has 0 aliphatic rings. The summed E-state index contributed by atoms with van der Waals surface area (Å²) in [6.07, 6.45) is 0. The molecule has 0 aliphatic heterocycles. The summed E-state index contributed by atoms with van der Waals surface area (Å²) in [4.78, 5) is 12.2. The quantitative estimate of drug-likeness (QED) is 0.830. The van der Waals surface area contributed by atoms with E-state index in [0.29, 0.717) is 34.7 Å². The second-order valence-electron chi connectivity index (χ2n) is 4.96. The number of rotatable bonds is 6. The Hall–Kier alpha value is -1.27. The molecule has 0 saturated heterocycles. The maximum Gasteiger partial charge on any atom is 0.251 e. The van der Waals surface area contributed by atoms with Crippen LogP contribution in [0.4, 0.5) is 0 Å². The average Bonchev–Trinajstić information content (AvgIpc) is 2.40. The van der Waals surface area contributed by atoms with Crippen molar-refractivity contribution in [3.63, 3.8) is 0 Å². The van der Waals surface area contributed by atoms with E-state index < -0.39 is 5.54 Å². The van der Waals surface area contributed by atoms with Crippen LogP contribution >= 0.6 is 15.9 Å². The normalized spacial score (nSPS) is 11.1. The van der Waals surface area contributed by atoms with E-state index in [4.69, 9.17) is 15.2 Å². The van der Waals surface area contributed by atoms with Crippen molar-refractivity contribution < 1.29 is 14.3 Å². The second-order valence-corrected chi connectivity index (χ2v) is 5.82. The fourth-order valence-electron chi connectivity index (χ4n) is 1.57. The summed E-state index contributed by atoms with van der Waals surface area (Å²) in [7, 11) is 1.54. The van der Waals surface area contributed by atoms with E-state index >= 15 is 0 Å². The first-order chi connectivity index (χ1) is 9.34. The van der Waals surface area contributed by atoms with Crippen molar-refractivity contribution in [3.8, 4) is 11.5 Å². The molecule has 1 aromatic rings. The summed E-state index contributed by atoms with van der Waals surface area (Å²) in [5, 5.41) is 2.87. The zero-order valence-electron chi connectivity index (χ0n) is 12.2. The Balaban J connectivity index is 3.08. The van der Waals surface area contributed by atoms with Gasteiger partial charge < -0.3 is 20.5 Å². The Morgan fingerprint density at radius 2 is 2.10 bits per heavy atom. The number of carbonyl (C=O) groups excluding carboxylic acids is 1. The SMILES string of the molecule is CCOc1c(Br)cc(C(=O)NC(C)(C)CN)cc1OC. The van der Waals surface area contributed by atoms with Crippen LogP contribution in [0.1, 0.15) is 31.1 Å². The number of ether oxygens (including phenoxy) is 2. The van der Waals surface area contributed by atoms with Gasteiger partial charge in [-0.2, -0.15) is 0 Å². The summed E-state index contributed by atoms with van der Waals surface area (Å²) >= 11 is 3.40. The maximum absolute atomic E-state index is 12.2. The molecular weight excluding hydrogens is 324 g/mol. The lowest BCUT2D eigenvalue weighted by atomic mass is 10.1. The maximum atomic E-state index is 12.2. The Labute approximate surface area is 127 Å². The van der Waals surface area contributed by atoms with Gasteiger partial charge in [0.05, 0.1) is 18.2 Å². The van der Waals surface area contributed by atoms with Gasteiger partial charge in [0.15, 0.2) is 11.5 Å².